The molecule has 1 aliphatic heterocycles. The third kappa shape index (κ3) is 5.32. The number of ether oxygens (including phenoxy) is 1. The summed E-state index contributed by atoms with van der Waals surface area (Å²) in [6.45, 7) is 4.97. The van der Waals surface area contributed by atoms with E-state index >= 15 is 0 Å². The van der Waals surface area contributed by atoms with Gasteiger partial charge in [0.05, 0.1) is 13.2 Å². The lowest BCUT2D eigenvalue weighted by atomic mass is 10.1. The van der Waals surface area contributed by atoms with Crippen LogP contribution >= 0.6 is 11.8 Å². The third-order valence-corrected chi connectivity index (χ3v) is 5.28. The highest BCUT2D eigenvalue weighted by atomic mass is 32.2. The fourth-order valence-electron chi connectivity index (χ4n) is 2.70. The van der Waals surface area contributed by atoms with Crippen molar-refractivity contribution in [3.05, 3.63) is 47.8 Å². The summed E-state index contributed by atoms with van der Waals surface area (Å²) < 4.78 is 7.32. The number of aryl methyl sites for hydroxylation is 1. The van der Waals surface area contributed by atoms with Crippen LogP contribution in [0.3, 0.4) is 0 Å². The second-order valence-electron chi connectivity index (χ2n) is 6.02. The molecule has 0 bridgehead atoms. The normalized spacial score (nSPS) is 15.2. The van der Waals surface area contributed by atoms with Crippen LogP contribution in [0.1, 0.15) is 15.9 Å². The monoisotopic (exact) mass is 360 g/mol. The number of nitrogens with one attached hydrogen (secondary N) is 1. The van der Waals surface area contributed by atoms with Gasteiger partial charge in [-0.3, -0.25) is 9.69 Å². The number of hydrogen-bond donors (Lipinski definition) is 1. The van der Waals surface area contributed by atoms with Crippen LogP contribution in [-0.2, 0) is 17.5 Å². The number of nitrogens with zero attached hydrogens (tertiary/aromatic N) is 3. The second-order valence-corrected chi connectivity index (χ2v) is 6.96. The molecule has 0 saturated carbocycles. The van der Waals surface area contributed by atoms with Crippen molar-refractivity contribution in [1.82, 2.24) is 19.8 Å². The topological polar surface area (TPSA) is 59.4 Å². The Bertz CT molecular complexity index is 698. The molecule has 3 rings (SSSR count). The van der Waals surface area contributed by atoms with Gasteiger partial charge in [0.1, 0.15) is 0 Å². The van der Waals surface area contributed by atoms with Crippen LogP contribution in [0.5, 0.6) is 0 Å². The van der Waals surface area contributed by atoms with Crippen molar-refractivity contribution in [2.75, 3.05) is 39.4 Å². The van der Waals surface area contributed by atoms with Gasteiger partial charge in [0.25, 0.3) is 5.91 Å². The zero-order chi connectivity index (χ0) is 17.5. The largest absolute Gasteiger partial charge is 0.379 e. The van der Waals surface area contributed by atoms with Crippen molar-refractivity contribution in [2.24, 2.45) is 7.05 Å². The maximum atomic E-state index is 12.3. The maximum absolute atomic E-state index is 12.3. The van der Waals surface area contributed by atoms with E-state index in [0.29, 0.717) is 12.1 Å². The van der Waals surface area contributed by atoms with E-state index in [-0.39, 0.29) is 5.91 Å². The lowest BCUT2D eigenvalue weighted by Gasteiger charge is -2.26. The first kappa shape index (κ1) is 18.0. The van der Waals surface area contributed by atoms with E-state index in [9.17, 15) is 4.79 Å². The summed E-state index contributed by atoms with van der Waals surface area (Å²) in [6, 6.07) is 7.80. The maximum Gasteiger partial charge on any atom is 0.251 e. The summed E-state index contributed by atoms with van der Waals surface area (Å²) in [4.78, 5) is 19.0. The Balaban J connectivity index is 1.48. The van der Waals surface area contributed by atoms with Crippen LogP contribution in [-0.4, -0.2) is 59.8 Å². The number of imidazole rings is 1. The molecular formula is C18H24N4O2S. The molecule has 1 fully saturated rings. The number of amides is 1. The van der Waals surface area contributed by atoms with Gasteiger partial charge in [-0.15, -0.1) is 0 Å². The number of hydrogen-bond acceptors (Lipinski definition) is 5. The van der Waals surface area contributed by atoms with E-state index in [1.807, 2.05) is 42.1 Å². The molecule has 2 heterocycles. The van der Waals surface area contributed by atoms with Crippen molar-refractivity contribution in [2.45, 2.75) is 10.9 Å². The van der Waals surface area contributed by atoms with Gasteiger partial charge in [0.2, 0.25) is 0 Å². The molecule has 2 aromatic rings. The molecule has 134 valence electrons. The molecule has 7 heteroatoms. The van der Waals surface area contributed by atoms with E-state index in [1.54, 1.807) is 18.0 Å². The van der Waals surface area contributed by atoms with Gasteiger partial charge in [0, 0.05) is 56.9 Å². The zero-order valence-electron chi connectivity index (χ0n) is 14.5. The number of carbonyl (C=O) groups is 1. The molecule has 1 saturated heterocycles. The Morgan fingerprint density at radius 2 is 2.20 bits per heavy atom. The number of morpholine rings is 1. The molecule has 1 N–H and O–H groups in total. The first-order valence-corrected chi connectivity index (χ1v) is 9.48. The van der Waals surface area contributed by atoms with Crippen LogP contribution in [0.15, 0.2) is 41.8 Å². The van der Waals surface area contributed by atoms with Crippen molar-refractivity contribution in [3.63, 3.8) is 0 Å². The average Bonchev–Trinajstić information content (AvgIpc) is 3.06. The minimum absolute atomic E-state index is 0.0166. The molecule has 0 atom stereocenters. The molecular weight excluding hydrogens is 336 g/mol. The Hall–Kier alpha value is -1.83. The minimum atomic E-state index is -0.0166. The van der Waals surface area contributed by atoms with Gasteiger partial charge in [-0.1, -0.05) is 23.9 Å². The average molecular weight is 360 g/mol. The SMILES string of the molecule is Cn1ccnc1SCc1cccc(C(=O)NCCN2CCOCC2)c1. The van der Waals surface area contributed by atoms with E-state index < -0.39 is 0 Å². The van der Waals surface area contributed by atoms with Gasteiger partial charge in [-0.2, -0.15) is 0 Å². The van der Waals surface area contributed by atoms with Crippen LogP contribution in [0.2, 0.25) is 0 Å². The summed E-state index contributed by atoms with van der Waals surface area (Å²) >= 11 is 1.67. The highest BCUT2D eigenvalue weighted by Gasteiger charge is 2.11. The quantitative estimate of drug-likeness (QED) is 0.763. The van der Waals surface area contributed by atoms with Gasteiger partial charge in [-0.25, -0.2) is 4.98 Å². The van der Waals surface area contributed by atoms with Gasteiger partial charge >= 0.3 is 0 Å². The molecule has 0 radical (unpaired) electrons. The zero-order valence-corrected chi connectivity index (χ0v) is 15.3. The predicted molar refractivity (Wildman–Crippen MR) is 98.8 cm³/mol. The molecule has 1 aromatic heterocycles. The van der Waals surface area contributed by atoms with Crippen LogP contribution in [0.25, 0.3) is 0 Å². The van der Waals surface area contributed by atoms with Crippen molar-refractivity contribution < 1.29 is 9.53 Å². The predicted octanol–water partition coefficient (Wildman–Crippen LogP) is 1.77. The number of carbonyl (C=O) groups excluding carboxylic acids is 1. The van der Waals surface area contributed by atoms with Crippen LogP contribution in [0, 0.1) is 0 Å². The number of rotatable bonds is 7. The minimum Gasteiger partial charge on any atom is -0.379 e. The van der Waals surface area contributed by atoms with Crippen molar-refractivity contribution in [1.29, 1.82) is 0 Å². The van der Waals surface area contributed by atoms with Crippen molar-refractivity contribution in [3.8, 4) is 0 Å². The summed E-state index contributed by atoms with van der Waals surface area (Å²) in [5, 5.41) is 3.98. The van der Waals surface area contributed by atoms with Crippen molar-refractivity contribution >= 4 is 17.7 Å². The van der Waals surface area contributed by atoms with E-state index in [4.69, 9.17) is 4.74 Å². The Labute approximate surface area is 152 Å². The van der Waals surface area contributed by atoms with E-state index in [0.717, 1.165) is 49.3 Å². The summed E-state index contributed by atoms with van der Waals surface area (Å²) in [5.74, 6) is 0.775. The van der Waals surface area contributed by atoms with Gasteiger partial charge in [-0.05, 0) is 17.7 Å². The first-order chi connectivity index (χ1) is 12.2. The molecule has 0 spiro atoms. The Morgan fingerprint density at radius 1 is 1.36 bits per heavy atom. The number of thioether (sulfide) groups is 1. The fraction of sp³-hybridized carbons (Fsp3) is 0.444. The van der Waals surface area contributed by atoms with Gasteiger partial charge < -0.3 is 14.6 Å². The standard InChI is InChI=1S/C18H24N4O2S/c1-21-7-5-20-18(21)25-14-15-3-2-4-16(13-15)17(23)19-6-8-22-9-11-24-12-10-22/h2-5,7,13H,6,8-12,14H2,1H3,(H,19,23). The highest BCUT2D eigenvalue weighted by molar-refractivity contribution is 7.98. The van der Waals surface area contributed by atoms with Crippen LogP contribution < -0.4 is 5.32 Å². The Morgan fingerprint density at radius 3 is 2.96 bits per heavy atom. The van der Waals surface area contributed by atoms with E-state index in [2.05, 4.69) is 15.2 Å². The highest BCUT2D eigenvalue weighted by Crippen LogP contribution is 2.21. The first-order valence-electron chi connectivity index (χ1n) is 8.50. The summed E-state index contributed by atoms with van der Waals surface area (Å²) in [7, 11) is 1.98. The van der Waals surface area contributed by atoms with Gasteiger partial charge in [0.15, 0.2) is 5.16 Å². The smallest absolute Gasteiger partial charge is 0.251 e. The molecule has 1 aliphatic rings. The molecule has 1 aromatic carbocycles. The molecule has 1 amide bonds. The van der Waals surface area contributed by atoms with Crippen LogP contribution in [0.4, 0.5) is 0 Å². The molecule has 25 heavy (non-hydrogen) atoms. The molecule has 6 nitrogen and oxygen atoms in total. The lowest BCUT2D eigenvalue weighted by Crippen LogP contribution is -2.41. The second kappa shape index (κ2) is 9.03. The fourth-order valence-corrected chi connectivity index (χ4v) is 3.57. The third-order valence-electron chi connectivity index (χ3n) is 4.15. The summed E-state index contributed by atoms with van der Waals surface area (Å²) in [5.41, 5.74) is 1.83. The molecule has 0 unspecified atom stereocenters. The Kier molecular flexibility index (Phi) is 6.49. The van der Waals surface area contributed by atoms with E-state index in [1.165, 1.54) is 0 Å². The molecule has 0 aliphatic carbocycles. The summed E-state index contributed by atoms with van der Waals surface area (Å²) in [6.07, 6.45) is 3.72. The number of aromatic nitrogens is 2. The lowest BCUT2D eigenvalue weighted by molar-refractivity contribution is 0.0383. The number of benzene rings is 1.